The van der Waals surface area contributed by atoms with E-state index >= 15 is 0 Å². The molecule has 0 aliphatic rings. The van der Waals surface area contributed by atoms with Gasteiger partial charge in [-0.3, -0.25) is 9.89 Å². The summed E-state index contributed by atoms with van der Waals surface area (Å²) in [7, 11) is 0. The summed E-state index contributed by atoms with van der Waals surface area (Å²) < 4.78 is 0.943. The van der Waals surface area contributed by atoms with Crippen molar-refractivity contribution in [2.45, 2.75) is 6.92 Å². The molecule has 2 aromatic rings. The fraction of sp³-hybridized carbons (Fsp3) is 0.143. The largest absolute Gasteiger partial charge is 0.542 e. The Morgan fingerprint density at radius 3 is 2.93 bits per heavy atom. The van der Waals surface area contributed by atoms with Gasteiger partial charge in [0.25, 0.3) is 11.3 Å². The lowest BCUT2D eigenvalue weighted by Crippen LogP contribution is -2.24. The Hall–Kier alpha value is -2.18. The van der Waals surface area contributed by atoms with Crippen LogP contribution in [0.15, 0.2) is 10.9 Å². The molecule has 0 fully saturated rings. The number of carbonyl (C=O) groups is 1. The van der Waals surface area contributed by atoms with Gasteiger partial charge in [0, 0.05) is 11.8 Å². The molecule has 72 valence electrons. The number of hydrogen-bond donors (Lipinski definition) is 1. The van der Waals surface area contributed by atoms with E-state index in [1.54, 1.807) is 6.92 Å². The van der Waals surface area contributed by atoms with Crippen molar-refractivity contribution < 1.29 is 9.90 Å². The molecule has 0 aromatic carbocycles. The molecule has 0 radical (unpaired) electrons. The minimum atomic E-state index is -1.48. The molecule has 0 spiro atoms. The van der Waals surface area contributed by atoms with Crippen molar-refractivity contribution in [2.75, 3.05) is 0 Å². The van der Waals surface area contributed by atoms with Crippen molar-refractivity contribution in [1.29, 1.82) is 0 Å². The quantitative estimate of drug-likeness (QED) is 0.569. The Morgan fingerprint density at radius 1 is 1.57 bits per heavy atom. The van der Waals surface area contributed by atoms with Gasteiger partial charge in [-0.25, -0.2) is 4.98 Å². The average molecular weight is 193 g/mol. The summed E-state index contributed by atoms with van der Waals surface area (Å²) in [4.78, 5) is 29.1. The average Bonchev–Trinajstić information content (AvgIpc) is 2.47. The fourth-order valence-electron chi connectivity index (χ4n) is 1.08. The van der Waals surface area contributed by atoms with Crippen LogP contribution in [-0.2, 0) is 0 Å². The lowest BCUT2D eigenvalue weighted by molar-refractivity contribution is -0.256. The second-order valence-corrected chi connectivity index (χ2v) is 2.73. The summed E-state index contributed by atoms with van der Waals surface area (Å²) in [5, 5.41) is 12.7. The second-order valence-electron chi connectivity index (χ2n) is 2.73. The predicted octanol–water partition coefficient (Wildman–Crippen LogP) is -1.91. The van der Waals surface area contributed by atoms with Gasteiger partial charge < -0.3 is 9.90 Å². The molecule has 0 unspecified atom stereocenters. The first-order chi connectivity index (χ1) is 6.58. The maximum absolute atomic E-state index is 11.3. The molecular formula is C7H5N4O3-. The molecule has 0 bridgehead atoms. The third kappa shape index (κ3) is 1.15. The smallest absolute Gasteiger partial charge is 0.274 e. The van der Waals surface area contributed by atoms with Gasteiger partial charge in [-0.05, 0) is 6.92 Å². The highest BCUT2D eigenvalue weighted by Gasteiger charge is 2.06. The molecule has 0 amide bonds. The monoisotopic (exact) mass is 193 g/mol. The van der Waals surface area contributed by atoms with Crippen molar-refractivity contribution in [3.05, 3.63) is 27.9 Å². The zero-order valence-electron chi connectivity index (χ0n) is 7.14. The van der Waals surface area contributed by atoms with E-state index < -0.39 is 17.4 Å². The van der Waals surface area contributed by atoms with E-state index in [2.05, 4.69) is 15.1 Å². The van der Waals surface area contributed by atoms with Crippen LogP contribution in [0.25, 0.3) is 5.78 Å². The molecule has 0 aliphatic carbocycles. The summed E-state index contributed by atoms with van der Waals surface area (Å²) >= 11 is 0. The number of aromatic amines is 1. The highest BCUT2D eigenvalue weighted by Crippen LogP contribution is 1.95. The number of aryl methyl sites for hydroxylation is 1. The molecule has 0 atom stereocenters. The summed E-state index contributed by atoms with van der Waals surface area (Å²) in [6.07, 6.45) is 0. The number of rotatable bonds is 1. The minimum Gasteiger partial charge on any atom is -0.542 e. The van der Waals surface area contributed by atoms with Crippen LogP contribution in [0.1, 0.15) is 16.3 Å². The molecule has 0 saturated carbocycles. The predicted molar refractivity (Wildman–Crippen MR) is 42.7 cm³/mol. The van der Waals surface area contributed by atoms with Crippen LogP contribution in [0.4, 0.5) is 0 Å². The molecule has 14 heavy (non-hydrogen) atoms. The summed E-state index contributed by atoms with van der Waals surface area (Å²) in [6.45, 7) is 1.62. The SMILES string of the molecule is Cc1cc(=O)n2[nH]c(C(=O)[O-])nc2n1. The van der Waals surface area contributed by atoms with Crippen molar-refractivity contribution in [3.63, 3.8) is 0 Å². The molecule has 2 rings (SSSR count). The highest BCUT2D eigenvalue weighted by atomic mass is 16.4. The zero-order chi connectivity index (χ0) is 10.3. The van der Waals surface area contributed by atoms with E-state index in [0.29, 0.717) is 5.69 Å². The molecule has 0 aliphatic heterocycles. The van der Waals surface area contributed by atoms with Gasteiger partial charge in [0.2, 0.25) is 0 Å². The third-order valence-corrected chi connectivity index (χ3v) is 1.65. The number of carboxylic acids is 1. The van der Waals surface area contributed by atoms with E-state index in [0.717, 1.165) is 4.52 Å². The Balaban J connectivity index is 2.83. The number of hydrogen-bond acceptors (Lipinski definition) is 5. The van der Waals surface area contributed by atoms with Crippen molar-refractivity contribution in [3.8, 4) is 0 Å². The van der Waals surface area contributed by atoms with E-state index in [-0.39, 0.29) is 5.78 Å². The maximum Gasteiger partial charge on any atom is 0.274 e. The topological polar surface area (TPSA) is 103 Å². The molecular weight excluding hydrogens is 188 g/mol. The van der Waals surface area contributed by atoms with Gasteiger partial charge >= 0.3 is 0 Å². The van der Waals surface area contributed by atoms with Crippen LogP contribution in [0.3, 0.4) is 0 Å². The molecule has 2 aromatic heterocycles. The lowest BCUT2D eigenvalue weighted by atomic mass is 10.5. The molecule has 0 saturated heterocycles. The summed E-state index contributed by atoms with van der Waals surface area (Å²) in [6, 6.07) is 1.27. The van der Waals surface area contributed by atoms with E-state index in [1.165, 1.54) is 6.07 Å². The van der Waals surface area contributed by atoms with Gasteiger partial charge in [-0.1, -0.05) is 0 Å². The van der Waals surface area contributed by atoms with Crippen LogP contribution in [-0.4, -0.2) is 25.6 Å². The fourth-order valence-corrected chi connectivity index (χ4v) is 1.08. The summed E-state index contributed by atoms with van der Waals surface area (Å²) in [5.74, 6) is -1.87. The number of fused-ring (bicyclic) bond motifs is 1. The van der Waals surface area contributed by atoms with Crippen molar-refractivity contribution in [1.82, 2.24) is 19.6 Å². The first-order valence-electron chi connectivity index (χ1n) is 3.75. The van der Waals surface area contributed by atoms with Crippen LogP contribution in [0, 0.1) is 6.92 Å². The minimum absolute atomic E-state index is 0.0224. The zero-order valence-corrected chi connectivity index (χ0v) is 7.14. The Kier molecular flexibility index (Phi) is 1.60. The molecule has 2 heterocycles. The number of H-pyrrole nitrogens is 1. The summed E-state index contributed by atoms with van der Waals surface area (Å²) in [5.41, 5.74) is 0.0684. The lowest BCUT2D eigenvalue weighted by Gasteiger charge is -1.91. The van der Waals surface area contributed by atoms with Crippen LogP contribution < -0.4 is 10.7 Å². The maximum atomic E-state index is 11.3. The van der Waals surface area contributed by atoms with Crippen molar-refractivity contribution in [2.24, 2.45) is 0 Å². The van der Waals surface area contributed by atoms with Gasteiger partial charge in [-0.15, -0.1) is 0 Å². The number of aromatic nitrogens is 4. The molecule has 7 heteroatoms. The Labute approximate surface area is 77.0 Å². The number of carboxylic acid groups (broad SMARTS) is 1. The van der Waals surface area contributed by atoms with E-state index in [9.17, 15) is 14.7 Å². The van der Waals surface area contributed by atoms with Crippen molar-refractivity contribution >= 4 is 11.7 Å². The van der Waals surface area contributed by atoms with Gasteiger partial charge in [0.15, 0.2) is 5.82 Å². The number of carbonyl (C=O) groups excluding carboxylic acids is 1. The Morgan fingerprint density at radius 2 is 2.29 bits per heavy atom. The normalized spacial score (nSPS) is 10.6. The third-order valence-electron chi connectivity index (χ3n) is 1.65. The van der Waals surface area contributed by atoms with Crippen LogP contribution in [0.2, 0.25) is 0 Å². The number of nitrogens with zero attached hydrogens (tertiary/aromatic N) is 3. The first kappa shape index (κ1) is 8.42. The standard InChI is InChI=1S/C7H6N4O3/c1-3-2-4(12)11-7(8-3)9-5(10-11)6(13)14/h2H,1H3,(H,13,14)(H,8,9,10)/p-1. The Bertz CT molecular complexity index is 568. The van der Waals surface area contributed by atoms with Gasteiger partial charge in [0.1, 0.15) is 5.97 Å². The number of aromatic carboxylic acids is 1. The van der Waals surface area contributed by atoms with E-state index in [1.807, 2.05) is 0 Å². The van der Waals surface area contributed by atoms with E-state index in [4.69, 9.17) is 0 Å². The molecule has 7 nitrogen and oxygen atoms in total. The first-order valence-corrected chi connectivity index (χ1v) is 3.75. The van der Waals surface area contributed by atoms with Crippen LogP contribution in [0.5, 0.6) is 0 Å². The van der Waals surface area contributed by atoms with Gasteiger partial charge in [-0.2, -0.15) is 9.50 Å². The van der Waals surface area contributed by atoms with Crippen LogP contribution >= 0.6 is 0 Å². The second kappa shape index (κ2) is 2.66. The van der Waals surface area contributed by atoms with Gasteiger partial charge in [0.05, 0.1) is 0 Å². The highest BCUT2D eigenvalue weighted by molar-refractivity contribution is 5.81. The number of nitrogens with one attached hydrogen (secondary N) is 1. The molecule has 1 N–H and O–H groups in total.